The Labute approximate surface area is 146 Å². The summed E-state index contributed by atoms with van der Waals surface area (Å²) < 4.78 is 1.13. The molecule has 1 saturated heterocycles. The molecular formula is C18H23N3O2S. The number of carbonyl (C=O) groups excluding carboxylic acids is 2. The van der Waals surface area contributed by atoms with Crippen LogP contribution in [0.2, 0.25) is 0 Å². The number of nitrogens with zero attached hydrogens (tertiary/aromatic N) is 3. The molecule has 2 aromatic rings. The first-order chi connectivity index (χ1) is 11.5. The largest absolute Gasteiger partial charge is 0.337 e. The molecule has 1 aromatic heterocycles. The van der Waals surface area contributed by atoms with Crippen LogP contribution in [-0.2, 0) is 16.1 Å². The van der Waals surface area contributed by atoms with E-state index < -0.39 is 0 Å². The summed E-state index contributed by atoms with van der Waals surface area (Å²) in [5.41, 5.74) is 0.966. The Morgan fingerprint density at radius 3 is 2.75 bits per heavy atom. The van der Waals surface area contributed by atoms with Gasteiger partial charge >= 0.3 is 0 Å². The fraction of sp³-hybridized carbons (Fsp3) is 0.500. The lowest BCUT2D eigenvalue weighted by atomic mass is 10.0. The second-order valence-corrected chi connectivity index (χ2v) is 7.76. The zero-order valence-electron chi connectivity index (χ0n) is 14.4. The number of amides is 2. The van der Waals surface area contributed by atoms with Crippen LogP contribution in [0.15, 0.2) is 24.3 Å². The number of carbonyl (C=O) groups is 2. The maximum atomic E-state index is 12.9. The Morgan fingerprint density at radius 1 is 1.38 bits per heavy atom. The molecule has 0 N–H and O–H groups in total. The van der Waals surface area contributed by atoms with Crippen molar-refractivity contribution in [2.75, 3.05) is 13.6 Å². The molecule has 2 heterocycles. The molecule has 6 heteroatoms. The Balaban J connectivity index is 1.75. The number of rotatable bonds is 5. The SMILES string of the molecule is CC(C)C(C(=O)N(C)Cc1nc2ccccc2s1)N1CCCC1=O. The summed E-state index contributed by atoms with van der Waals surface area (Å²) in [7, 11) is 1.80. The molecule has 0 radical (unpaired) electrons. The number of para-hydroxylation sites is 1. The predicted molar refractivity (Wildman–Crippen MR) is 95.7 cm³/mol. The third-order valence-corrected chi connectivity index (χ3v) is 5.44. The van der Waals surface area contributed by atoms with Gasteiger partial charge in [-0.05, 0) is 24.5 Å². The quantitative estimate of drug-likeness (QED) is 0.837. The second kappa shape index (κ2) is 6.89. The van der Waals surface area contributed by atoms with Crippen molar-refractivity contribution >= 4 is 33.4 Å². The van der Waals surface area contributed by atoms with Crippen molar-refractivity contribution in [3.63, 3.8) is 0 Å². The van der Waals surface area contributed by atoms with E-state index >= 15 is 0 Å². The first-order valence-corrected chi connectivity index (χ1v) is 9.18. The maximum absolute atomic E-state index is 12.9. The van der Waals surface area contributed by atoms with Crippen LogP contribution in [0.5, 0.6) is 0 Å². The zero-order valence-corrected chi connectivity index (χ0v) is 15.2. The van der Waals surface area contributed by atoms with E-state index in [2.05, 4.69) is 4.98 Å². The lowest BCUT2D eigenvalue weighted by Gasteiger charge is -2.32. The van der Waals surface area contributed by atoms with Crippen LogP contribution in [0.4, 0.5) is 0 Å². The van der Waals surface area contributed by atoms with Gasteiger partial charge in [0.1, 0.15) is 11.0 Å². The third-order valence-electron chi connectivity index (χ3n) is 4.42. The molecule has 0 aliphatic carbocycles. The minimum absolute atomic E-state index is 0.000457. The number of benzene rings is 1. The molecule has 1 aliphatic rings. The average Bonchev–Trinajstić information content (AvgIpc) is 3.13. The molecule has 1 unspecified atom stereocenters. The molecule has 1 aromatic carbocycles. The van der Waals surface area contributed by atoms with Gasteiger partial charge in [0.2, 0.25) is 11.8 Å². The van der Waals surface area contributed by atoms with Gasteiger partial charge in [-0.15, -0.1) is 11.3 Å². The van der Waals surface area contributed by atoms with Gasteiger partial charge in [-0.25, -0.2) is 4.98 Å². The Hall–Kier alpha value is -1.95. The summed E-state index contributed by atoms with van der Waals surface area (Å²) in [4.78, 5) is 33.1. The fourth-order valence-corrected chi connectivity index (χ4v) is 4.26. The van der Waals surface area contributed by atoms with Crippen molar-refractivity contribution in [2.24, 2.45) is 5.92 Å². The second-order valence-electron chi connectivity index (χ2n) is 6.65. The van der Waals surface area contributed by atoms with Crippen LogP contribution in [0.1, 0.15) is 31.7 Å². The van der Waals surface area contributed by atoms with Crippen molar-refractivity contribution in [3.05, 3.63) is 29.3 Å². The van der Waals surface area contributed by atoms with Gasteiger partial charge in [0.05, 0.1) is 16.8 Å². The van der Waals surface area contributed by atoms with Gasteiger partial charge in [0.25, 0.3) is 0 Å². The smallest absolute Gasteiger partial charge is 0.245 e. The van der Waals surface area contributed by atoms with Crippen LogP contribution in [0, 0.1) is 5.92 Å². The number of hydrogen-bond donors (Lipinski definition) is 0. The fourth-order valence-electron chi connectivity index (χ4n) is 3.24. The number of hydrogen-bond acceptors (Lipinski definition) is 4. The topological polar surface area (TPSA) is 53.5 Å². The minimum atomic E-state index is -0.376. The minimum Gasteiger partial charge on any atom is -0.337 e. The van der Waals surface area contributed by atoms with Crippen molar-refractivity contribution < 1.29 is 9.59 Å². The molecule has 0 saturated carbocycles. The van der Waals surface area contributed by atoms with E-state index in [1.807, 2.05) is 38.1 Å². The highest BCUT2D eigenvalue weighted by Crippen LogP contribution is 2.24. The Bertz CT molecular complexity index is 723. The van der Waals surface area contributed by atoms with Crippen molar-refractivity contribution in [1.82, 2.24) is 14.8 Å². The molecule has 128 valence electrons. The van der Waals surface area contributed by atoms with Gasteiger partial charge in [0.15, 0.2) is 0 Å². The lowest BCUT2D eigenvalue weighted by Crippen LogP contribution is -2.50. The molecule has 24 heavy (non-hydrogen) atoms. The van der Waals surface area contributed by atoms with Gasteiger partial charge in [-0.1, -0.05) is 26.0 Å². The first-order valence-electron chi connectivity index (χ1n) is 8.36. The van der Waals surface area contributed by atoms with Crippen LogP contribution in [0.3, 0.4) is 0 Å². The van der Waals surface area contributed by atoms with Crippen molar-refractivity contribution in [2.45, 2.75) is 39.3 Å². The predicted octanol–water partition coefficient (Wildman–Crippen LogP) is 2.90. The van der Waals surface area contributed by atoms with Gasteiger partial charge in [-0.2, -0.15) is 0 Å². The van der Waals surface area contributed by atoms with E-state index in [-0.39, 0.29) is 23.8 Å². The van der Waals surface area contributed by atoms with E-state index in [9.17, 15) is 9.59 Å². The summed E-state index contributed by atoms with van der Waals surface area (Å²) in [5.74, 6) is 0.187. The number of aromatic nitrogens is 1. The molecule has 3 rings (SSSR count). The summed E-state index contributed by atoms with van der Waals surface area (Å²) in [6.07, 6.45) is 1.40. The zero-order chi connectivity index (χ0) is 17.3. The monoisotopic (exact) mass is 345 g/mol. The molecule has 1 aliphatic heterocycles. The maximum Gasteiger partial charge on any atom is 0.245 e. The summed E-state index contributed by atoms with van der Waals surface area (Å²) in [6, 6.07) is 7.61. The van der Waals surface area contributed by atoms with Crippen LogP contribution in [0.25, 0.3) is 10.2 Å². The average molecular weight is 345 g/mol. The van der Waals surface area contributed by atoms with Crippen molar-refractivity contribution in [3.8, 4) is 0 Å². The molecule has 0 spiro atoms. The van der Waals surface area contributed by atoms with E-state index in [1.165, 1.54) is 0 Å². The number of thiazole rings is 1. The molecule has 0 bridgehead atoms. The number of fused-ring (bicyclic) bond motifs is 1. The van der Waals surface area contributed by atoms with Gasteiger partial charge in [0, 0.05) is 20.0 Å². The normalized spacial score (nSPS) is 16.2. The highest BCUT2D eigenvalue weighted by molar-refractivity contribution is 7.18. The summed E-state index contributed by atoms with van der Waals surface area (Å²) >= 11 is 1.61. The van der Waals surface area contributed by atoms with Gasteiger partial charge < -0.3 is 9.80 Å². The molecule has 5 nitrogen and oxygen atoms in total. The van der Waals surface area contributed by atoms with E-state index in [0.717, 1.165) is 21.6 Å². The lowest BCUT2D eigenvalue weighted by molar-refractivity contribution is -0.144. The van der Waals surface area contributed by atoms with Crippen molar-refractivity contribution in [1.29, 1.82) is 0 Å². The van der Waals surface area contributed by atoms with Gasteiger partial charge in [-0.3, -0.25) is 9.59 Å². The highest BCUT2D eigenvalue weighted by atomic mass is 32.1. The molecule has 2 amide bonds. The standard InChI is InChI=1S/C18H23N3O2S/c1-12(2)17(21-10-6-9-16(21)22)18(23)20(3)11-15-19-13-7-4-5-8-14(13)24-15/h4-5,7-8,12,17H,6,9-11H2,1-3H3. The van der Waals surface area contributed by atoms with Crippen LogP contribution in [-0.4, -0.2) is 46.2 Å². The summed E-state index contributed by atoms with van der Waals surface area (Å²) in [5, 5.41) is 0.919. The first kappa shape index (κ1) is 16.9. The van der Waals surface area contributed by atoms with E-state index in [4.69, 9.17) is 0 Å². The highest BCUT2D eigenvalue weighted by Gasteiger charge is 2.36. The third kappa shape index (κ3) is 3.29. The number of likely N-dealkylation sites (tertiary alicyclic amines) is 1. The Kier molecular flexibility index (Phi) is 4.85. The van der Waals surface area contributed by atoms with Crippen LogP contribution < -0.4 is 0 Å². The molecular weight excluding hydrogens is 322 g/mol. The Morgan fingerprint density at radius 2 is 2.12 bits per heavy atom. The van der Waals surface area contributed by atoms with E-state index in [1.54, 1.807) is 28.2 Å². The number of likely N-dealkylation sites (N-methyl/N-ethyl adjacent to an activating group) is 1. The molecule has 1 atom stereocenters. The van der Waals surface area contributed by atoms with E-state index in [0.29, 0.717) is 19.5 Å². The van der Waals surface area contributed by atoms with Crippen LogP contribution >= 0.6 is 11.3 Å². The summed E-state index contributed by atoms with van der Waals surface area (Å²) in [6.45, 7) is 5.16. The molecule has 1 fully saturated rings.